The first-order chi connectivity index (χ1) is 4.63. The second-order valence-electron chi connectivity index (χ2n) is 1.76. The average molecular weight is 291 g/mol. The SMILES string of the molecule is CCN(C(=O)SI)C(C)S. The molecule has 0 aliphatic rings. The first-order valence-electron chi connectivity index (χ1n) is 2.90. The Labute approximate surface area is 83.1 Å². The molecule has 0 saturated carbocycles. The van der Waals surface area contributed by atoms with E-state index in [0.717, 1.165) is 6.54 Å². The Kier molecular flexibility index (Phi) is 6.04. The predicted octanol–water partition coefficient (Wildman–Crippen LogP) is 2.79. The maximum atomic E-state index is 11.0. The molecule has 0 radical (unpaired) electrons. The summed E-state index contributed by atoms with van der Waals surface area (Å²) in [5, 5.41) is 0.0883. The molecule has 0 aliphatic carbocycles. The molecule has 0 rings (SSSR count). The van der Waals surface area contributed by atoms with Crippen LogP contribution >= 0.6 is 42.8 Å². The van der Waals surface area contributed by atoms with E-state index < -0.39 is 0 Å². The molecule has 0 N–H and O–H groups in total. The minimum absolute atomic E-state index is 0.0137. The maximum Gasteiger partial charge on any atom is 0.292 e. The van der Waals surface area contributed by atoms with E-state index in [0.29, 0.717) is 0 Å². The van der Waals surface area contributed by atoms with Gasteiger partial charge in [0.05, 0.1) is 5.37 Å². The molecule has 0 saturated heterocycles. The molecule has 0 spiro atoms. The van der Waals surface area contributed by atoms with Crippen LogP contribution in [0.25, 0.3) is 0 Å². The van der Waals surface area contributed by atoms with Crippen molar-refractivity contribution in [1.29, 1.82) is 0 Å². The van der Waals surface area contributed by atoms with Crippen molar-refractivity contribution >= 4 is 48.0 Å². The van der Waals surface area contributed by atoms with Crippen molar-refractivity contribution in [3.8, 4) is 0 Å². The molecule has 10 heavy (non-hydrogen) atoms. The molecule has 0 aromatic carbocycles. The van der Waals surface area contributed by atoms with Gasteiger partial charge in [0.2, 0.25) is 0 Å². The van der Waals surface area contributed by atoms with E-state index in [4.69, 9.17) is 0 Å². The van der Waals surface area contributed by atoms with E-state index in [1.807, 2.05) is 35.1 Å². The van der Waals surface area contributed by atoms with E-state index >= 15 is 0 Å². The van der Waals surface area contributed by atoms with Crippen LogP contribution in [0, 0.1) is 0 Å². The lowest BCUT2D eigenvalue weighted by Crippen LogP contribution is -2.31. The first-order valence-corrected chi connectivity index (χ1v) is 6.78. The molecule has 0 bridgehead atoms. The standard InChI is InChI=1S/C5H10INOS2/c1-3-7(4(2)9)5(8)10-6/h4,9H,3H2,1-2H3. The molecular formula is C5H10INOS2. The van der Waals surface area contributed by atoms with Crippen LogP contribution in [0.1, 0.15) is 13.8 Å². The van der Waals surface area contributed by atoms with Crippen LogP contribution in [-0.4, -0.2) is 22.1 Å². The van der Waals surface area contributed by atoms with Gasteiger partial charge in [-0.3, -0.25) is 4.79 Å². The first kappa shape index (κ1) is 10.9. The maximum absolute atomic E-state index is 11.0. The van der Waals surface area contributed by atoms with Crippen molar-refractivity contribution in [3.63, 3.8) is 0 Å². The Balaban J connectivity index is 3.93. The highest BCUT2D eigenvalue weighted by atomic mass is 127. The predicted molar refractivity (Wildman–Crippen MR) is 57.8 cm³/mol. The lowest BCUT2D eigenvalue weighted by molar-refractivity contribution is 0.225. The number of thiol groups is 1. The number of hydrogen-bond acceptors (Lipinski definition) is 3. The van der Waals surface area contributed by atoms with E-state index in [1.165, 1.54) is 8.93 Å². The Hall–Kier alpha value is 0.900. The van der Waals surface area contributed by atoms with Crippen LogP contribution in [0.4, 0.5) is 4.79 Å². The Bertz CT molecular complexity index is 120. The zero-order valence-electron chi connectivity index (χ0n) is 5.87. The zero-order chi connectivity index (χ0) is 8.15. The van der Waals surface area contributed by atoms with Crippen molar-refractivity contribution < 1.29 is 4.79 Å². The van der Waals surface area contributed by atoms with Crippen LogP contribution < -0.4 is 0 Å². The largest absolute Gasteiger partial charge is 0.322 e. The van der Waals surface area contributed by atoms with Gasteiger partial charge in [-0.2, -0.15) is 12.6 Å². The molecule has 1 atom stereocenters. The summed E-state index contributed by atoms with van der Waals surface area (Å²) in [4.78, 5) is 12.7. The van der Waals surface area contributed by atoms with Gasteiger partial charge in [0.1, 0.15) is 0 Å². The fourth-order valence-electron chi connectivity index (χ4n) is 0.590. The molecule has 0 aromatic heterocycles. The van der Waals surface area contributed by atoms with Gasteiger partial charge in [-0.05, 0) is 13.8 Å². The highest BCUT2D eigenvalue weighted by Gasteiger charge is 2.13. The van der Waals surface area contributed by atoms with Crippen LogP contribution in [0.2, 0.25) is 0 Å². The normalized spacial score (nSPS) is 12.8. The van der Waals surface area contributed by atoms with Gasteiger partial charge in [0.15, 0.2) is 0 Å². The second-order valence-corrected chi connectivity index (χ2v) is 4.33. The summed E-state index contributed by atoms with van der Waals surface area (Å²) in [6.07, 6.45) is 0. The lowest BCUT2D eigenvalue weighted by atomic mass is 10.6. The lowest BCUT2D eigenvalue weighted by Gasteiger charge is -2.22. The van der Waals surface area contributed by atoms with Gasteiger partial charge < -0.3 is 4.90 Å². The molecule has 0 fully saturated rings. The Morgan fingerprint density at radius 1 is 1.90 bits per heavy atom. The van der Waals surface area contributed by atoms with Gasteiger partial charge in [-0.25, -0.2) is 0 Å². The molecule has 1 amide bonds. The monoisotopic (exact) mass is 291 g/mol. The molecule has 60 valence electrons. The Morgan fingerprint density at radius 3 is 2.50 bits per heavy atom. The third-order valence-electron chi connectivity index (χ3n) is 1.09. The number of amides is 1. The van der Waals surface area contributed by atoms with Crippen LogP contribution in [0.5, 0.6) is 0 Å². The number of nitrogens with zero attached hydrogens (tertiary/aromatic N) is 1. The summed E-state index contributed by atoms with van der Waals surface area (Å²) < 4.78 is 0. The van der Waals surface area contributed by atoms with Gasteiger partial charge in [-0.1, -0.05) is 0 Å². The number of carbonyl (C=O) groups excluding carboxylic acids is 1. The number of rotatable bonds is 2. The van der Waals surface area contributed by atoms with Crippen LogP contribution in [-0.2, 0) is 0 Å². The van der Waals surface area contributed by atoms with Crippen molar-refractivity contribution in [3.05, 3.63) is 0 Å². The highest BCUT2D eigenvalue weighted by molar-refractivity contribution is 14.2. The number of hydrogen-bond donors (Lipinski definition) is 1. The van der Waals surface area contributed by atoms with Crippen LogP contribution in [0.15, 0.2) is 0 Å². The van der Waals surface area contributed by atoms with Crippen molar-refractivity contribution in [1.82, 2.24) is 4.90 Å². The molecule has 5 heteroatoms. The molecule has 0 aliphatic heterocycles. The summed E-state index contributed by atoms with van der Waals surface area (Å²) in [7, 11) is 1.19. The van der Waals surface area contributed by atoms with Crippen molar-refractivity contribution in [2.75, 3.05) is 6.54 Å². The number of halogens is 1. The summed E-state index contributed by atoms with van der Waals surface area (Å²) in [6.45, 7) is 4.55. The van der Waals surface area contributed by atoms with Crippen molar-refractivity contribution in [2.24, 2.45) is 0 Å². The van der Waals surface area contributed by atoms with Gasteiger partial charge in [-0.15, -0.1) is 0 Å². The van der Waals surface area contributed by atoms with E-state index in [9.17, 15) is 4.79 Å². The van der Waals surface area contributed by atoms with Gasteiger partial charge in [0.25, 0.3) is 5.24 Å². The second kappa shape index (κ2) is 5.54. The number of carbonyl (C=O) groups is 1. The minimum atomic E-state index is 0.0137. The smallest absolute Gasteiger partial charge is 0.292 e. The summed E-state index contributed by atoms with van der Waals surface area (Å²) >= 11 is 6.13. The topological polar surface area (TPSA) is 20.3 Å². The highest BCUT2D eigenvalue weighted by Crippen LogP contribution is 2.19. The zero-order valence-corrected chi connectivity index (χ0v) is 9.74. The van der Waals surface area contributed by atoms with Crippen LogP contribution in [0.3, 0.4) is 0 Å². The molecular weight excluding hydrogens is 281 g/mol. The fraction of sp³-hybridized carbons (Fsp3) is 0.800. The summed E-state index contributed by atoms with van der Waals surface area (Å²) in [6, 6.07) is 0. The molecule has 1 unspecified atom stereocenters. The average Bonchev–Trinajstić information content (AvgIpc) is 1.88. The quantitative estimate of drug-likeness (QED) is 0.479. The van der Waals surface area contributed by atoms with E-state index in [1.54, 1.807) is 4.90 Å². The van der Waals surface area contributed by atoms with Gasteiger partial charge in [0, 0.05) is 36.7 Å². The fourth-order valence-corrected chi connectivity index (χ4v) is 2.07. The molecule has 2 nitrogen and oxygen atoms in total. The summed E-state index contributed by atoms with van der Waals surface area (Å²) in [5.41, 5.74) is 0. The minimum Gasteiger partial charge on any atom is -0.322 e. The van der Waals surface area contributed by atoms with E-state index in [2.05, 4.69) is 12.6 Å². The van der Waals surface area contributed by atoms with Gasteiger partial charge >= 0.3 is 0 Å². The summed E-state index contributed by atoms with van der Waals surface area (Å²) in [5.74, 6) is 0. The third-order valence-corrected chi connectivity index (χ3v) is 2.87. The van der Waals surface area contributed by atoms with Crippen molar-refractivity contribution in [2.45, 2.75) is 19.2 Å². The Morgan fingerprint density at radius 2 is 2.40 bits per heavy atom. The third kappa shape index (κ3) is 3.34. The van der Waals surface area contributed by atoms with E-state index in [-0.39, 0.29) is 10.6 Å². The molecule has 0 aromatic rings. The molecule has 0 heterocycles.